The number of hydrogen-bond donors (Lipinski definition) is 2. The van der Waals surface area contributed by atoms with Gasteiger partial charge in [0, 0.05) is 26.3 Å². The third kappa shape index (κ3) is 3.37. The van der Waals surface area contributed by atoms with Gasteiger partial charge in [-0.25, -0.2) is 4.98 Å². The molecule has 3 heterocycles. The summed E-state index contributed by atoms with van der Waals surface area (Å²) in [6.07, 6.45) is 1.35. The van der Waals surface area contributed by atoms with Gasteiger partial charge in [0.25, 0.3) is 5.91 Å². The summed E-state index contributed by atoms with van der Waals surface area (Å²) in [5, 5.41) is 9.74. The molecule has 1 aliphatic heterocycles. The highest BCUT2D eigenvalue weighted by molar-refractivity contribution is 6.02. The van der Waals surface area contributed by atoms with E-state index in [1.807, 2.05) is 28.7 Å². The number of nitrogens with zero attached hydrogens (tertiary/aromatic N) is 3. The number of imidazole rings is 1. The van der Waals surface area contributed by atoms with Crippen molar-refractivity contribution in [2.75, 3.05) is 38.8 Å². The lowest BCUT2D eigenvalue weighted by Crippen LogP contribution is -2.48. The minimum Gasteiger partial charge on any atom is -0.493 e. The summed E-state index contributed by atoms with van der Waals surface area (Å²) < 4.78 is 13.2. The minimum absolute atomic E-state index is 0. The number of amides is 1. The first-order valence-corrected chi connectivity index (χ1v) is 9.22. The number of benzene rings is 1. The number of aliphatic hydroxyl groups excluding tert-OH is 1. The summed E-state index contributed by atoms with van der Waals surface area (Å²) in [6.45, 7) is 1.32. The molecule has 156 valence electrons. The molecule has 1 amide bonds. The maximum Gasteiger partial charge on any atom is 0.252 e. The van der Waals surface area contributed by atoms with E-state index in [0.29, 0.717) is 42.9 Å². The lowest BCUT2D eigenvalue weighted by Gasteiger charge is -2.41. The summed E-state index contributed by atoms with van der Waals surface area (Å²) in [6, 6.07) is 9.36. The van der Waals surface area contributed by atoms with Crippen molar-refractivity contribution in [3.05, 3.63) is 35.9 Å². The van der Waals surface area contributed by atoms with Crippen LogP contribution in [0.1, 0.15) is 23.2 Å². The van der Waals surface area contributed by atoms with E-state index in [1.165, 1.54) is 0 Å². The van der Waals surface area contributed by atoms with Crippen molar-refractivity contribution in [3.8, 4) is 5.75 Å². The molecule has 3 aromatic rings. The van der Waals surface area contributed by atoms with E-state index >= 15 is 0 Å². The minimum atomic E-state index is -0.553. The zero-order valence-corrected chi connectivity index (χ0v) is 17.2. The van der Waals surface area contributed by atoms with Crippen molar-refractivity contribution >= 4 is 40.8 Å². The monoisotopic (exact) mass is 420 g/mol. The standard InChI is InChI=1S/C20H24N4O4.ClH/c1-27-16-11-13(17(21)26)18-22-14-5-3-4-6-15(14)24(18)19(16)23-9-7-20(12-25,28-2)8-10-23;/h3-6,11,25H,7-10,12H2,1-2H3,(H2,21,26);1H. The Bertz CT molecular complexity index is 1040. The number of primary amides is 1. The van der Waals surface area contributed by atoms with Crippen LogP contribution < -0.4 is 15.4 Å². The number of ether oxygens (including phenoxy) is 2. The van der Waals surface area contributed by atoms with Gasteiger partial charge in [0.1, 0.15) is 0 Å². The second-order valence-electron chi connectivity index (χ2n) is 7.11. The second-order valence-corrected chi connectivity index (χ2v) is 7.11. The Hall–Kier alpha value is -2.55. The van der Waals surface area contributed by atoms with Gasteiger partial charge in [0.15, 0.2) is 17.2 Å². The van der Waals surface area contributed by atoms with Gasteiger partial charge in [-0.3, -0.25) is 9.20 Å². The number of methoxy groups -OCH3 is 2. The number of carbonyl (C=O) groups excluding carboxylic acids is 1. The quantitative estimate of drug-likeness (QED) is 0.654. The molecule has 9 heteroatoms. The van der Waals surface area contributed by atoms with E-state index in [9.17, 15) is 9.90 Å². The normalized spacial score (nSPS) is 16.0. The van der Waals surface area contributed by atoms with Crippen LogP contribution in [-0.4, -0.2) is 59.9 Å². The first-order chi connectivity index (χ1) is 13.5. The Morgan fingerprint density at radius 1 is 1.28 bits per heavy atom. The summed E-state index contributed by atoms with van der Waals surface area (Å²) in [4.78, 5) is 18.9. The number of aliphatic hydroxyl groups is 1. The van der Waals surface area contributed by atoms with Gasteiger partial charge in [-0.05, 0) is 25.0 Å². The molecule has 0 saturated carbocycles. The average Bonchev–Trinajstić information content (AvgIpc) is 3.12. The van der Waals surface area contributed by atoms with Crippen LogP contribution in [0.25, 0.3) is 16.7 Å². The van der Waals surface area contributed by atoms with E-state index in [1.54, 1.807) is 20.3 Å². The lowest BCUT2D eigenvalue weighted by molar-refractivity contribution is -0.0674. The number of nitrogens with two attached hydrogens (primary N) is 1. The second kappa shape index (κ2) is 8.06. The molecule has 1 aromatic carbocycles. The molecule has 0 unspecified atom stereocenters. The van der Waals surface area contributed by atoms with Crippen molar-refractivity contribution in [2.45, 2.75) is 18.4 Å². The molecule has 1 aliphatic rings. The van der Waals surface area contributed by atoms with E-state index < -0.39 is 11.5 Å². The van der Waals surface area contributed by atoms with Crippen LogP contribution in [0.4, 0.5) is 5.82 Å². The SMILES string of the molecule is COc1cc(C(N)=O)c2nc3ccccc3n2c1N1CCC(CO)(OC)CC1.Cl. The molecule has 1 saturated heterocycles. The number of anilines is 1. The fourth-order valence-electron chi connectivity index (χ4n) is 3.97. The predicted molar refractivity (Wildman–Crippen MR) is 113 cm³/mol. The van der Waals surface area contributed by atoms with Crippen molar-refractivity contribution in [1.29, 1.82) is 0 Å². The lowest BCUT2D eigenvalue weighted by atomic mass is 9.92. The molecule has 0 bridgehead atoms. The summed E-state index contributed by atoms with van der Waals surface area (Å²) >= 11 is 0. The number of fused-ring (bicyclic) bond motifs is 3. The Kier molecular flexibility index (Phi) is 5.88. The Balaban J connectivity index is 0.00000240. The number of piperidine rings is 1. The fourth-order valence-corrected chi connectivity index (χ4v) is 3.97. The number of pyridine rings is 1. The Morgan fingerprint density at radius 2 is 1.97 bits per heavy atom. The van der Waals surface area contributed by atoms with Gasteiger partial charge in [-0.2, -0.15) is 0 Å². The summed E-state index contributed by atoms with van der Waals surface area (Å²) in [5.74, 6) is 0.819. The molecule has 29 heavy (non-hydrogen) atoms. The molecule has 0 aliphatic carbocycles. The first-order valence-electron chi connectivity index (χ1n) is 9.22. The molecule has 1 fully saturated rings. The van der Waals surface area contributed by atoms with Gasteiger partial charge < -0.3 is 25.2 Å². The molecule has 0 spiro atoms. The molecule has 0 radical (unpaired) electrons. The van der Waals surface area contributed by atoms with E-state index in [0.717, 1.165) is 16.9 Å². The van der Waals surface area contributed by atoms with Crippen molar-refractivity contribution in [2.24, 2.45) is 5.73 Å². The summed E-state index contributed by atoms with van der Waals surface area (Å²) in [5.41, 5.74) is 7.57. The van der Waals surface area contributed by atoms with Crippen molar-refractivity contribution in [3.63, 3.8) is 0 Å². The maximum atomic E-state index is 12.1. The molecule has 2 aromatic heterocycles. The molecular formula is C20H25ClN4O4. The van der Waals surface area contributed by atoms with Crippen LogP contribution in [0, 0.1) is 0 Å². The van der Waals surface area contributed by atoms with Crippen LogP contribution in [0.3, 0.4) is 0 Å². The van der Waals surface area contributed by atoms with Crippen LogP contribution in [0.5, 0.6) is 5.75 Å². The third-order valence-corrected chi connectivity index (χ3v) is 5.69. The Labute approximate surface area is 174 Å². The van der Waals surface area contributed by atoms with Gasteiger partial charge in [-0.15, -0.1) is 12.4 Å². The van der Waals surface area contributed by atoms with Crippen molar-refractivity contribution in [1.82, 2.24) is 9.38 Å². The highest BCUT2D eigenvalue weighted by atomic mass is 35.5. The number of aromatic nitrogens is 2. The van der Waals surface area contributed by atoms with Crippen molar-refractivity contribution < 1.29 is 19.4 Å². The molecule has 0 atom stereocenters. The molecule has 3 N–H and O–H groups in total. The predicted octanol–water partition coefficient (Wildman–Crippen LogP) is 1.99. The number of rotatable bonds is 5. The zero-order valence-electron chi connectivity index (χ0n) is 16.4. The number of halogens is 1. The van der Waals surface area contributed by atoms with Gasteiger partial charge in [-0.1, -0.05) is 12.1 Å². The summed E-state index contributed by atoms with van der Waals surface area (Å²) in [7, 11) is 3.21. The molecular weight excluding hydrogens is 396 g/mol. The Morgan fingerprint density at radius 3 is 2.55 bits per heavy atom. The molecule has 4 rings (SSSR count). The van der Waals surface area contributed by atoms with E-state index in [4.69, 9.17) is 15.2 Å². The van der Waals surface area contributed by atoms with Crippen LogP contribution >= 0.6 is 12.4 Å². The topological polar surface area (TPSA) is 102 Å². The average molecular weight is 421 g/mol. The highest BCUT2D eigenvalue weighted by Crippen LogP contribution is 2.37. The van der Waals surface area contributed by atoms with Crippen LogP contribution in [-0.2, 0) is 4.74 Å². The highest BCUT2D eigenvalue weighted by Gasteiger charge is 2.36. The van der Waals surface area contributed by atoms with Gasteiger partial charge in [0.05, 0.1) is 35.9 Å². The van der Waals surface area contributed by atoms with E-state index in [-0.39, 0.29) is 19.0 Å². The van der Waals surface area contributed by atoms with Crippen LogP contribution in [0.2, 0.25) is 0 Å². The van der Waals surface area contributed by atoms with Gasteiger partial charge >= 0.3 is 0 Å². The smallest absolute Gasteiger partial charge is 0.252 e. The third-order valence-electron chi connectivity index (χ3n) is 5.69. The van der Waals surface area contributed by atoms with E-state index in [2.05, 4.69) is 9.88 Å². The van der Waals surface area contributed by atoms with Crippen LogP contribution in [0.15, 0.2) is 30.3 Å². The fraction of sp³-hybridized carbons (Fsp3) is 0.400. The zero-order chi connectivity index (χ0) is 19.9. The largest absolute Gasteiger partial charge is 0.493 e. The molecule has 8 nitrogen and oxygen atoms in total. The maximum absolute atomic E-state index is 12.1. The number of carbonyl (C=O) groups is 1. The van der Waals surface area contributed by atoms with Gasteiger partial charge in [0.2, 0.25) is 0 Å². The number of hydrogen-bond acceptors (Lipinski definition) is 6. The number of para-hydroxylation sites is 2. The first kappa shape index (κ1) is 21.2.